The van der Waals surface area contributed by atoms with Crippen molar-refractivity contribution in [1.82, 2.24) is 10.2 Å². The summed E-state index contributed by atoms with van der Waals surface area (Å²) in [5, 5.41) is 13.2. The van der Waals surface area contributed by atoms with E-state index in [0.717, 1.165) is 23.7 Å². The molecule has 2 unspecified atom stereocenters. The van der Waals surface area contributed by atoms with Gasteiger partial charge in [0.2, 0.25) is 0 Å². The number of benzene rings is 1. The van der Waals surface area contributed by atoms with Crippen LogP contribution in [0.2, 0.25) is 0 Å². The molecule has 0 fully saturated rings. The van der Waals surface area contributed by atoms with Gasteiger partial charge in [-0.3, -0.25) is 0 Å². The number of nitrogens with zero attached hydrogens (tertiary/aromatic N) is 2. The second kappa shape index (κ2) is 6.00. The third-order valence-electron chi connectivity index (χ3n) is 4.48. The highest BCUT2D eigenvalue weighted by Crippen LogP contribution is 2.35. The Kier molecular flexibility index (Phi) is 4.12. The Labute approximate surface area is 144 Å². The van der Waals surface area contributed by atoms with E-state index < -0.39 is 12.0 Å². The molecule has 0 radical (unpaired) electrons. The Balaban J connectivity index is 2.04. The molecule has 0 bridgehead atoms. The molecule has 0 amide bonds. The lowest BCUT2D eigenvalue weighted by molar-refractivity contribution is -0.0883. The molecular weight excluding hydrogens is 326 g/mol. The lowest BCUT2D eigenvalue weighted by Gasteiger charge is -2.30. The average molecular weight is 346 g/mol. The van der Waals surface area contributed by atoms with Crippen molar-refractivity contribution in [1.29, 1.82) is 0 Å². The van der Waals surface area contributed by atoms with Gasteiger partial charge in [0.25, 0.3) is 6.43 Å². The third kappa shape index (κ3) is 2.80. The summed E-state index contributed by atoms with van der Waals surface area (Å²) in [4.78, 5) is 6.11. The molecule has 5 nitrogen and oxygen atoms in total. The molecule has 1 aromatic carbocycles. The van der Waals surface area contributed by atoms with Gasteiger partial charge in [-0.15, -0.1) is 0 Å². The maximum atomic E-state index is 13.2. The maximum absolute atomic E-state index is 13.2. The van der Waals surface area contributed by atoms with Crippen molar-refractivity contribution >= 4 is 11.5 Å². The predicted octanol–water partition coefficient (Wildman–Crippen LogP) is 2.40. The number of fused-ring (bicyclic) bond motifs is 1. The molecule has 0 saturated heterocycles. The molecule has 0 saturated carbocycles. The van der Waals surface area contributed by atoms with E-state index in [2.05, 4.69) is 16.9 Å². The highest BCUT2D eigenvalue weighted by atomic mass is 19.3. The van der Waals surface area contributed by atoms with E-state index in [9.17, 15) is 13.9 Å². The Morgan fingerprint density at radius 3 is 2.84 bits per heavy atom. The Morgan fingerprint density at radius 1 is 1.48 bits per heavy atom. The number of aryl methyl sites for hydroxylation is 1. The highest BCUT2D eigenvalue weighted by molar-refractivity contribution is 5.91. The molecule has 25 heavy (non-hydrogen) atoms. The first-order chi connectivity index (χ1) is 11.8. The number of nitrogens with one attached hydrogen (secondary N) is 1. The van der Waals surface area contributed by atoms with Gasteiger partial charge in [0.1, 0.15) is 11.4 Å². The lowest BCUT2D eigenvalue weighted by Crippen LogP contribution is -2.46. The van der Waals surface area contributed by atoms with Gasteiger partial charge in [-0.25, -0.2) is 13.8 Å². The van der Waals surface area contributed by atoms with E-state index in [4.69, 9.17) is 5.73 Å². The van der Waals surface area contributed by atoms with E-state index in [1.54, 1.807) is 30.6 Å². The number of aliphatic hydroxyl groups is 1. The fourth-order valence-electron chi connectivity index (χ4n) is 2.86. The summed E-state index contributed by atoms with van der Waals surface area (Å²) in [6, 6.07) is 4.82. The maximum Gasteiger partial charge on any atom is 0.270 e. The molecule has 2 aliphatic rings. The molecule has 0 aromatic heterocycles. The van der Waals surface area contributed by atoms with Crippen LogP contribution in [0.4, 0.5) is 8.78 Å². The molecule has 2 aliphatic heterocycles. The SMILES string of the molecule is C=CC1=CN2C(c3cc(C(C)(O)C(F)F)ccc3C)=CNC2C(N)=N1. The zero-order chi connectivity index (χ0) is 18.4. The van der Waals surface area contributed by atoms with Crippen molar-refractivity contribution in [3.8, 4) is 0 Å². The van der Waals surface area contributed by atoms with Crippen LogP contribution in [-0.4, -0.2) is 28.4 Å². The minimum absolute atomic E-state index is 0.152. The third-order valence-corrected chi connectivity index (χ3v) is 4.48. The number of amidine groups is 1. The zero-order valence-electron chi connectivity index (χ0n) is 14.0. The number of hydrogen-bond donors (Lipinski definition) is 3. The molecule has 0 aliphatic carbocycles. The molecule has 0 spiro atoms. The smallest absolute Gasteiger partial charge is 0.270 e. The summed E-state index contributed by atoms with van der Waals surface area (Å²) in [7, 11) is 0. The number of allylic oxidation sites excluding steroid dienone is 1. The van der Waals surface area contributed by atoms with E-state index in [1.165, 1.54) is 6.07 Å². The monoisotopic (exact) mass is 346 g/mol. The number of halogens is 2. The first-order valence-electron chi connectivity index (χ1n) is 7.80. The summed E-state index contributed by atoms with van der Waals surface area (Å²) in [6.45, 7) is 6.69. The first kappa shape index (κ1) is 17.2. The second-order valence-corrected chi connectivity index (χ2v) is 6.28. The van der Waals surface area contributed by atoms with Gasteiger partial charge < -0.3 is 21.1 Å². The second-order valence-electron chi connectivity index (χ2n) is 6.28. The van der Waals surface area contributed by atoms with Crippen LogP contribution in [0.3, 0.4) is 0 Å². The van der Waals surface area contributed by atoms with Crippen LogP contribution >= 0.6 is 0 Å². The molecule has 1 aromatic rings. The summed E-state index contributed by atoms with van der Waals surface area (Å²) < 4.78 is 26.4. The van der Waals surface area contributed by atoms with Gasteiger partial charge >= 0.3 is 0 Å². The quantitative estimate of drug-likeness (QED) is 0.783. The van der Waals surface area contributed by atoms with E-state index >= 15 is 0 Å². The number of hydrogen-bond acceptors (Lipinski definition) is 5. The number of rotatable bonds is 4. The van der Waals surface area contributed by atoms with Crippen molar-refractivity contribution < 1.29 is 13.9 Å². The van der Waals surface area contributed by atoms with Gasteiger partial charge in [0.05, 0.1) is 11.4 Å². The van der Waals surface area contributed by atoms with Gasteiger partial charge in [0, 0.05) is 18.0 Å². The fourth-order valence-corrected chi connectivity index (χ4v) is 2.86. The Hall–Kier alpha value is -2.67. The molecule has 132 valence electrons. The van der Waals surface area contributed by atoms with E-state index in [1.807, 2.05) is 11.8 Å². The summed E-state index contributed by atoms with van der Waals surface area (Å²) in [6.07, 6.45) is 1.91. The number of aliphatic imine (C=N–C) groups is 1. The van der Waals surface area contributed by atoms with Crippen LogP contribution in [-0.2, 0) is 5.60 Å². The van der Waals surface area contributed by atoms with Crippen LogP contribution in [0.15, 0.2) is 53.9 Å². The van der Waals surface area contributed by atoms with Crippen molar-refractivity contribution in [2.45, 2.75) is 32.0 Å². The summed E-state index contributed by atoms with van der Waals surface area (Å²) in [5.41, 5.74) is 6.89. The van der Waals surface area contributed by atoms with Crippen LogP contribution in [0.1, 0.15) is 23.6 Å². The predicted molar refractivity (Wildman–Crippen MR) is 93.4 cm³/mol. The highest BCUT2D eigenvalue weighted by Gasteiger charge is 2.36. The van der Waals surface area contributed by atoms with Crippen LogP contribution < -0.4 is 11.1 Å². The van der Waals surface area contributed by atoms with Crippen LogP contribution in [0.5, 0.6) is 0 Å². The largest absolute Gasteiger partial charge is 0.384 e. The Morgan fingerprint density at radius 2 is 2.20 bits per heavy atom. The topological polar surface area (TPSA) is 73.9 Å². The van der Waals surface area contributed by atoms with E-state index in [-0.39, 0.29) is 11.7 Å². The zero-order valence-corrected chi connectivity index (χ0v) is 14.0. The van der Waals surface area contributed by atoms with Gasteiger partial charge in [0.15, 0.2) is 6.17 Å². The summed E-state index contributed by atoms with van der Waals surface area (Å²) in [5.74, 6) is 0.386. The minimum atomic E-state index is -2.89. The molecule has 2 atom stereocenters. The van der Waals surface area contributed by atoms with Crippen molar-refractivity contribution in [2.75, 3.05) is 0 Å². The minimum Gasteiger partial charge on any atom is -0.384 e. The Bertz CT molecular complexity index is 811. The van der Waals surface area contributed by atoms with Crippen molar-refractivity contribution in [2.24, 2.45) is 10.7 Å². The molecule has 2 heterocycles. The van der Waals surface area contributed by atoms with Crippen LogP contribution in [0.25, 0.3) is 5.70 Å². The lowest BCUT2D eigenvalue weighted by atomic mass is 9.92. The standard InChI is InChI=1S/C18H20F2N4O/c1-4-12-9-24-14(8-22-16(24)15(21)23-12)13-7-11(6-5-10(13)2)18(3,25)17(19)20/h4-9,16-17,22,25H,1H2,2-3H3,(H2,21,23). The molecule has 4 N–H and O–H groups in total. The fraction of sp³-hybridized carbons (Fsp3) is 0.278. The molecule has 3 rings (SSSR count). The average Bonchev–Trinajstić information content (AvgIpc) is 2.99. The van der Waals surface area contributed by atoms with Crippen molar-refractivity contribution in [3.63, 3.8) is 0 Å². The first-order valence-corrected chi connectivity index (χ1v) is 7.80. The van der Waals surface area contributed by atoms with Crippen LogP contribution in [0, 0.1) is 6.92 Å². The van der Waals surface area contributed by atoms with Crippen molar-refractivity contribution in [3.05, 3.63) is 65.6 Å². The van der Waals surface area contributed by atoms with Gasteiger partial charge in [-0.2, -0.15) is 0 Å². The normalized spacial score (nSPS) is 21.8. The number of nitrogens with two attached hydrogens (primary N) is 1. The van der Waals surface area contributed by atoms with Gasteiger partial charge in [-0.05, 0) is 37.1 Å². The van der Waals surface area contributed by atoms with E-state index in [0.29, 0.717) is 11.5 Å². The number of alkyl halides is 2. The molecular formula is C18H20F2N4O. The van der Waals surface area contributed by atoms with Gasteiger partial charge in [-0.1, -0.05) is 18.7 Å². The molecule has 7 heteroatoms. The summed E-state index contributed by atoms with van der Waals surface area (Å²) >= 11 is 0.